The SMILES string of the molecule is CC1(c2cc(NC(=O)c3ccnc4ccccc34)ccc2F)CCSC(N)=N1. The fraction of sp³-hybridized carbons (Fsp3) is 0.190. The fourth-order valence-corrected chi connectivity index (χ4v) is 4.36. The highest BCUT2D eigenvalue weighted by atomic mass is 32.2. The van der Waals surface area contributed by atoms with Crippen molar-refractivity contribution in [3.05, 3.63) is 71.7 Å². The molecule has 0 saturated heterocycles. The van der Waals surface area contributed by atoms with E-state index in [9.17, 15) is 9.18 Å². The number of aromatic nitrogens is 1. The zero-order valence-corrected chi connectivity index (χ0v) is 16.1. The van der Waals surface area contributed by atoms with Gasteiger partial charge in [0.1, 0.15) is 5.82 Å². The minimum atomic E-state index is -0.747. The van der Waals surface area contributed by atoms with E-state index in [0.717, 1.165) is 16.7 Å². The number of hydrogen-bond donors (Lipinski definition) is 2. The normalized spacial score (nSPS) is 19.3. The summed E-state index contributed by atoms with van der Waals surface area (Å²) in [5, 5.41) is 4.08. The highest BCUT2D eigenvalue weighted by Gasteiger charge is 2.32. The largest absolute Gasteiger partial charge is 0.379 e. The Labute approximate surface area is 166 Å². The zero-order chi connectivity index (χ0) is 19.7. The van der Waals surface area contributed by atoms with Gasteiger partial charge in [0, 0.05) is 28.6 Å². The van der Waals surface area contributed by atoms with Crippen LogP contribution in [0.1, 0.15) is 29.3 Å². The van der Waals surface area contributed by atoms with Gasteiger partial charge in [-0.25, -0.2) is 4.39 Å². The Kier molecular flexibility index (Phi) is 4.77. The standard InChI is InChI=1S/C21H19FN4OS/c1-21(9-11-28-20(23)26-21)16-12-13(6-7-17(16)22)25-19(27)15-8-10-24-18-5-3-2-4-14(15)18/h2-8,10,12H,9,11H2,1H3,(H2,23,26)(H,25,27). The molecule has 1 unspecified atom stereocenters. The van der Waals surface area contributed by atoms with Crippen molar-refractivity contribution >= 4 is 39.4 Å². The first-order valence-electron chi connectivity index (χ1n) is 8.89. The number of benzene rings is 2. The zero-order valence-electron chi connectivity index (χ0n) is 15.3. The molecule has 4 rings (SSSR count). The van der Waals surface area contributed by atoms with Gasteiger partial charge in [-0.1, -0.05) is 30.0 Å². The highest BCUT2D eigenvalue weighted by molar-refractivity contribution is 8.13. The number of amides is 1. The van der Waals surface area contributed by atoms with Crippen LogP contribution in [0.2, 0.25) is 0 Å². The molecule has 0 saturated carbocycles. The molecule has 0 radical (unpaired) electrons. The molecule has 3 aromatic rings. The van der Waals surface area contributed by atoms with E-state index in [0.29, 0.717) is 28.4 Å². The molecule has 142 valence electrons. The second kappa shape index (κ2) is 7.24. The Balaban J connectivity index is 1.67. The van der Waals surface area contributed by atoms with Crippen molar-refractivity contribution in [2.24, 2.45) is 10.7 Å². The van der Waals surface area contributed by atoms with Crippen LogP contribution in [-0.2, 0) is 5.54 Å². The van der Waals surface area contributed by atoms with Gasteiger partial charge in [0.05, 0.1) is 16.6 Å². The Bertz CT molecular complexity index is 1100. The third kappa shape index (κ3) is 3.45. The maximum Gasteiger partial charge on any atom is 0.256 e. The molecular formula is C21H19FN4OS. The van der Waals surface area contributed by atoms with Crippen LogP contribution in [0.15, 0.2) is 59.7 Å². The van der Waals surface area contributed by atoms with E-state index < -0.39 is 5.54 Å². The lowest BCUT2D eigenvalue weighted by Crippen LogP contribution is -2.29. The fourth-order valence-electron chi connectivity index (χ4n) is 3.39. The van der Waals surface area contributed by atoms with Crippen molar-refractivity contribution in [1.82, 2.24) is 4.98 Å². The van der Waals surface area contributed by atoms with Crippen molar-refractivity contribution < 1.29 is 9.18 Å². The third-order valence-electron chi connectivity index (χ3n) is 4.89. The predicted molar refractivity (Wildman–Crippen MR) is 112 cm³/mol. The molecule has 0 fully saturated rings. The summed E-state index contributed by atoms with van der Waals surface area (Å²) >= 11 is 1.46. The van der Waals surface area contributed by atoms with Gasteiger partial charge in [0.25, 0.3) is 5.91 Å². The van der Waals surface area contributed by atoms with Gasteiger partial charge in [-0.2, -0.15) is 0 Å². The van der Waals surface area contributed by atoms with Crippen LogP contribution in [0.4, 0.5) is 10.1 Å². The smallest absolute Gasteiger partial charge is 0.256 e. The van der Waals surface area contributed by atoms with Crippen LogP contribution in [0.25, 0.3) is 10.9 Å². The molecule has 2 aromatic carbocycles. The summed E-state index contributed by atoms with van der Waals surface area (Å²) in [7, 11) is 0. The number of thioether (sulfide) groups is 1. The number of amidine groups is 1. The van der Waals surface area contributed by atoms with Crippen molar-refractivity contribution in [3.63, 3.8) is 0 Å². The maximum atomic E-state index is 14.6. The number of carbonyl (C=O) groups excluding carboxylic acids is 1. The first-order valence-corrected chi connectivity index (χ1v) is 9.88. The number of halogens is 1. The van der Waals surface area contributed by atoms with Gasteiger partial charge in [0.2, 0.25) is 0 Å². The van der Waals surface area contributed by atoms with Gasteiger partial charge < -0.3 is 11.1 Å². The Morgan fingerprint density at radius 2 is 2.07 bits per heavy atom. The number of nitrogens with zero attached hydrogens (tertiary/aromatic N) is 2. The topological polar surface area (TPSA) is 80.4 Å². The van der Waals surface area contributed by atoms with Crippen molar-refractivity contribution in [1.29, 1.82) is 0 Å². The maximum absolute atomic E-state index is 14.6. The summed E-state index contributed by atoms with van der Waals surface area (Å²) in [6, 6.07) is 13.7. The molecule has 1 aliphatic heterocycles. The Morgan fingerprint density at radius 1 is 1.25 bits per heavy atom. The van der Waals surface area contributed by atoms with E-state index in [2.05, 4.69) is 15.3 Å². The van der Waals surface area contributed by atoms with Crippen LogP contribution >= 0.6 is 11.8 Å². The average molecular weight is 394 g/mol. The molecular weight excluding hydrogens is 375 g/mol. The van der Waals surface area contributed by atoms with Crippen LogP contribution in [0.5, 0.6) is 0 Å². The predicted octanol–water partition coefficient (Wildman–Crippen LogP) is 4.29. The van der Waals surface area contributed by atoms with Crippen molar-refractivity contribution in [3.8, 4) is 0 Å². The molecule has 1 aromatic heterocycles. The second-order valence-electron chi connectivity index (χ2n) is 6.85. The number of nitrogens with one attached hydrogen (secondary N) is 1. The monoisotopic (exact) mass is 394 g/mol. The summed E-state index contributed by atoms with van der Waals surface area (Å²) in [6.07, 6.45) is 2.27. The molecule has 3 N–H and O–H groups in total. The first-order chi connectivity index (χ1) is 13.5. The molecule has 2 heterocycles. The molecule has 5 nitrogen and oxygen atoms in total. The van der Waals surface area contributed by atoms with E-state index in [1.807, 2.05) is 31.2 Å². The second-order valence-corrected chi connectivity index (χ2v) is 7.96. The lowest BCUT2D eigenvalue weighted by atomic mass is 9.89. The van der Waals surface area contributed by atoms with Gasteiger partial charge in [-0.05, 0) is 43.7 Å². The number of aliphatic imine (C=N–C) groups is 1. The van der Waals surface area contributed by atoms with E-state index in [1.54, 1.807) is 24.4 Å². The Morgan fingerprint density at radius 3 is 2.89 bits per heavy atom. The third-order valence-corrected chi connectivity index (χ3v) is 5.69. The Hall–Kier alpha value is -2.93. The van der Waals surface area contributed by atoms with E-state index in [-0.39, 0.29) is 11.7 Å². The van der Waals surface area contributed by atoms with Gasteiger partial charge in [-0.3, -0.25) is 14.8 Å². The summed E-state index contributed by atoms with van der Waals surface area (Å²) < 4.78 is 14.6. The summed E-state index contributed by atoms with van der Waals surface area (Å²) in [5.41, 5.74) is 7.30. The van der Waals surface area contributed by atoms with Crippen LogP contribution in [0, 0.1) is 5.82 Å². The molecule has 1 amide bonds. The van der Waals surface area contributed by atoms with Crippen molar-refractivity contribution in [2.75, 3.05) is 11.1 Å². The van der Waals surface area contributed by atoms with Crippen LogP contribution in [0.3, 0.4) is 0 Å². The lowest BCUT2D eigenvalue weighted by Gasteiger charge is -2.30. The molecule has 1 atom stereocenters. The molecule has 0 spiro atoms. The number of anilines is 1. The number of fused-ring (bicyclic) bond motifs is 1. The highest BCUT2D eigenvalue weighted by Crippen LogP contribution is 2.37. The van der Waals surface area contributed by atoms with E-state index in [4.69, 9.17) is 5.73 Å². The quantitative estimate of drug-likeness (QED) is 0.694. The van der Waals surface area contributed by atoms with Gasteiger partial charge in [0.15, 0.2) is 5.17 Å². The minimum absolute atomic E-state index is 0.275. The number of carbonyl (C=O) groups is 1. The number of rotatable bonds is 3. The molecule has 0 bridgehead atoms. The minimum Gasteiger partial charge on any atom is -0.379 e. The van der Waals surface area contributed by atoms with Crippen LogP contribution in [-0.4, -0.2) is 21.8 Å². The van der Waals surface area contributed by atoms with Gasteiger partial charge >= 0.3 is 0 Å². The van der Waals surface area contributed by atoms with Crippen LogP contribution < -0.4 is 11.1 Å². The lowest BCUT2D eigenvalue weighted by molar-refractivity contribution is 0.102. The van der Waals surface area contributed by atoms with E-state index in [1.165, 1.54) is 17.8 Å². The number of hydrogen-bond acceptors (Lipinski definition) is 5. The summed E-state index contributed by atoms with van der Waals surface area (Å²) in [6.45, 7) is 1.86. The number of nitrogens with two attached hydrogens (primary N) is 1. The summed E-state index contributed by atoms with van der Waals surface area (Å²) in [5.74, 6) is 0.132. The summed E-state index contributed by atoms with van der Waals surface area (Å²) in [4.78, 5) is 21.6. The first kappa shape index (κ1) is 18.4. The molecule has 0 aliphatic carbocycles. The molecule has 28 heavy (non-hydrogen) atoms. The van der Waals surface area contributed by atoms with Crippen molar-refractivity contribution in [2.45, 2.75) is 18.9 Å². The average Bonchev–Trinajstić information content (AvgIpc) is 2.68. The van der Waals surface area contributed by atoms with E-state index >= 15 is 0 Å². The molecule has 7 heteroatoms. The molecule has 1 aliphatic rings. The number of para-hydroxylation sites is 1. The van der Waals surface area contributed by atoms with Gasteiger partial charge in [-0.15, -0.1) is 0 Å². The number of pyridine rings is 1.